The molecule has 0 aromatic heterocycles. The fourth-order valence-corrected chi connectivity index (χ4v) is 4.15. The summed E-state index contributed by atoms with van der Waals surface area (Å²) in [5.74, 6) is 0.182. The van der Waals surface area contributed by atoms with E-state index < -0.39 is 5.97 Å². The lowest BCUT2D eigenvalue weighted by Gasteiger charge is -2.12. The molecule has 0 bridgehead atoms. The molecule has 0 aliphatic carbocycles. The minimum atomic E-state index is -0.677. The first-order valence-corrected chi connectivity index (χ1v) is 10.7. The summed E-state index contributed by atoms with van der Waals surface area (Å²) >= 11 is 7.46. The first-order chi connectivity index (χ1) is 12.6. The summed E-state index contributed by atoms with van der Waals surface area (Å²) in [6.07, 6.45) is 7.11. The second-order valence-corrected chi connectivity index (χ2v) is 8.26. The van der Waals surface area contributed by atoms with Gasteiger partial charge in [-0.1, -0.05) is 73.3 Å². The summed E-state index contributed by atoms with van der Waals surface area (Å²) in [7, 11) is 0. The SMILES string of the molecule is O=C(O)C(CCCCCCc1ccc(Cl)cc1)SCCc1ccccc1. The van der Waals surface area contributed by atoms with Crippen molar-refractivity contribution in [3.8, 4) is 0 Å². The number of hydrogen-bond donors (Lipinski definition) is 1. The number of rotatable bonds is 12. The summed E-state index contributed by atoms with van der Waals surface area (Å²) in [6.45, 7) is 0. The highest BCUT2D eigenvalue weighted by Gasteiger charge is 2.17. The molecule has 0 aliphatic rings. The molecular formula is C22H27ClO2S. The third-order valence-electron chi connectivity index (χ3n) is 4.42. The minimum Gasteiger partial charge on any atom is -0.480 e. The summed E-state index contributed by atoms with van der Waals surface area (Å²) in [6, 6.07) is 18.3. The third kappa shape index (κ3) is 8.29. The predicted octanol–water partition coefficient (Wildman–Crippen LogP) is 6.26. The zero-order valence-corrected chi connectivity index (χ0v) is 16.6. The van der Waals surface area contributed by atoms with Crippen molar-refractivity contribution in [1.82, 2.24) is 0 Å². The first kappa shape index (κ1) is 20.9. The lowest BCUT2D eigenvalue weighted by molar-refractivity contribution is -0.136. The van der Waals surface area contributed by atoms with Gasteiger partial charge < -0.3 is 5.11 Å². The molecule has 0 heterocycles. The molecule has 2 nitrogen and oxygen atoms in total. The van der Waals surface area contributed by atoms with Crippen LogP contribution in [0.5, 0.6) is 0 Å². The fraction of sp³-hybridized carbons (Fsp3) is 0.409. The van der Waals surface area contributed by atoms with Crippen molar-refractivity contribution in [2.45, 2.75) is 50.2 Å². The number of halogens is 1. The van der Waals surface area contributed by atoms with E-state index in [-0.39, 0.29) is 5.25 Å². The molecule has 0 aliphatic heterocycles. The maximum Gasteiger partial charge on any atom is 0.316 e. The van der Waals surface area contributed by atoms with Crippen molar-refractivity contribution >= 4 is 29.3 Å². The molecule has 140 valence electrons. The number of carboxylic acids is 1. The minimum absolute atomic E-state index is 0.282. The summed E-state index contributed by atoms with van der Waals surface area (Å²) in [4.78, 5) is 11.4. The molecule has 1 N–H and O–H groups in total. The zero-order chi connectivity index (χ0) is 18.6. The average molecular weight is 391 g/mol. The van der Waals surface area contributed by atoms with Gasteiger partial charge in [-0.15, -0.1) is 11.8 Å². The van der Waals surface area contributed by atoms with E-state index in [1.807, 2.05) is 30.3 Å². The van der Waals surface area contributed by atoms with E-state index >= 15 is 0 Å². The molecule has 0 fully saturated rings. The Morgan fingerprint density at radius 2 is 1.54 bits per heavy atom. The number of unbranched alkanes of at least 4 members (excludes halogenated alkanes) is 3. The lowest BCUT2D eigenvalue weighted by Crippen LogP contribution is -2.17. The van der Waals surface area contributed by atoms with E-state index in [0.29, 0.717) is 0 Å². The number of hydrogen-bond acceptors (Lipinski definition) is 2. The maximum atomic E-state index is 11.4. The van der Waals surface area contributed by atoms with Gasteiger partial charge in [0, 0.05) is 5.02 Å². The molecule has 2 aromatic rings. The summed E-state index contributed by atoms with van der Waals surface area (Å²) in [5.41, 5.74) is 2.58. The van der Waals surface area contributed by atoms with Crippen molar-refractivity contribution in [3.05, 3.63) is 70.7 Å². The Labute approximate surface area is 166 Å². The van der Waals surface area contributed by atoms with Crippen LogP contribution in [0, 0.1) is 0 Å². The van der Waals surface area contributed by atoms with E-state index in [4.69, 9.17) is 11.6 Å². The highest BCUT2D eigenvalue weighted by atomic mass is 35.5. The molecular weight excluding hydrogens is 364 g/mol. The van der Waals surface area contributed by atoms with Crippen LogP contribution >= 0.6 is 23.4 Å². The lowest BCUT2D eigenvalue weighted by atomic mass is 10.0. The molecule has 0 saturated heterocycles. The van der Waals surface area contributed by atoms with E-state index in [0.717, 1.165) is 55.7 Å². The summed E-state index contributed by atoms with van der Waals surface area (Å²) in [5, 5.41) is 9.91. The van der Waals surface area contributed by atoms with Gasteiger partial charge in [0.25, 0.3) is 0 Å². The second-order valence-electron chi connectivity index (χ2n) is 6.51. The van der Waals surface area contributed by atoms with Crippen LogP contribution in [0.3, 0.4) is 0 Å². The Morgan fingerprint density at radius 3 is 2.23 bits per heavy atom. The van der Waals surface area contributed by atoms with Crippen molar-refractivity contribution in [2.24, 2.45) is 0 Å². The largest absolute Gasteiger partial charge is 0.480 e. The smallest absolute Gasteiger partial charge is 0.316 e. The van der Waals surface area contributed by atoms with Crippen molar-refractivity contribution in [2.75, 3.05) is 5.75 Å². The van der Waals surface area contributed by atoms with E-state index in [2.05, 4.69) is 24.3 Å². The van der Waals surface area contributed by atoms with Crippen molar-refractivity contribution < 1.29 is 9.90 Å². The van der Waals surface area contributed by atoms with Crippen LogP contribution in [0.4, 0.5) is 0 Å². The third-order valence-corrected chi connectivity index (χ3v) is 5.95. The normalized spacial score (nSPS) is 12.0. The predicted molar refractivity (Wildman–Crippen MR) is 112 cm³/mol. The number of thioether (sulfide) groups is 1. The zero-order valence-electron chi connectivity index (χ0n) is 15.1. The van der Waals surface area contributed by atoms with E-state index in [1.165, 1.54) is 11.1 Å². The number of carboxylic acid groups (broad SMARTS) is 1. The van der Waals surface area contributed by atoms with Crippen LogP contribution in [-0.4, -0.2) is 22.1 Å². The molecule has 1 atom stereocenters. The molecule has 0 spiro atoms. The quantitative estimate of drug-likeness (QED) is 0.434. The molecule has 0 radical (unpaired) electrons. The highest BCUT2D eigenvalue weighted by Crippen LogP contribution is 2.20. The molecule has 0 amide bonds. The van der Waals surface area contributed by atoms with Crippen molar-refractivity contribution in [3.63, 3.8) is 0 Å². The van der Waals surface area contributed by atoms with Gasteiger partial charge in [0.05, 0.1) is 0 Å². The van der Waals surface area contributed by atoms with Gasteiger partial charge in [-0.25, -0.2) is 0 Å². The fourth-order valence-electron chi connectivity index (χ4n) is 2.91. The van der Waals surface area contributed by atoms with Gasteiger partial charge >= 0.3 is 5.97 Å². The molecule has 4 heteroatoms. The Bertz CT molecular complexity index is 643. The van der Waals surface area contributed by atoms with Crippen LogP contribution in [0.1, 0.15) is 43.2 Å². The van der Waals surface area contributed by atoms with Crippen LogP contribution in [0.2, 0.25) is 5.02 Å². The summed E-state index contributed by atoms with van der Waals surface area (Å²) < 4.78 is 0. The Kier molecular flexibility index (Phi) is 9.65. The standard InChI is InChI=1S/C22H27ClO2S/c23-20-14-12-19(13-15-20)10-4-1-2-7-11-21(22(24)25)26-17-16-18-8-5-3-6-9-18/h3,5-6,8-9,12-15,21H,1-2,4,7,10-11,16-17H2,(H,24,25). The number of carbonyl (C=O) groups is 1. The van der Waals surface area contributed by atoms with Crippen molar-refractivity contribution in [1.29, 1.82) is 0 Å². The van der Waals surface area contributed by atoms with Crippen LogP contribution in [-0.2, 0) is 17.6 Å². The average Bonchev–Trinajstić information content (AvgIpc) is 2.65. The van der Waals surface area contributed by atoms with Gasteiger partial charge in [0.15, 0.2) is 0 Å². The molecule has 2 rings (SSSR count). The van der Waals surface area contributed by atoms with Crippen LogP contribution in [0.25, 0.3) is 0 Å². The first-order valence-electron chi connectivity index (χ1n) is 9.28. The molecule has 26 heavy (non-hydrogen) atoms. The Balaban J connectivity index is 1.57. The van der Waals surface area contributed by atoms with Gasteiger partial charge in [-0.2, -0.15) is 0 Å². The molecule has 0 saturated carbocycles. The van der Waals surface area contributed by atoms with E-state index in [1.54, 1.807) is 11.8 Å². The second kappa shape index (κ2) is 12.0. The van der Waals surface area contributed by atoms with Gasteiger partial charge in [0.1, 0.15) is 5.25 Å². The monoisotopic (exact) mass is 390 g/mol. The van der Waals surface area contributed by atoms with Crippen LogP contribution in [0.15, 0.2) is 54.6 Å². The van der Waals surface area contributed by atoms with Gasteiger partial charge in [-0.3, -0.25) is 4.79 Å². The highest BCUT2D eigenvalue weighted by molar-refractivity contribution is 8.00. The number of aliphatic carboxylic acids is 1. The maximum absolute atomic E-state index is 11.4. The van der Waals surface area contributed by atoms with E-state index in [9.17, 15) is 9.90 Å². The van der Waals surface area contributed by atoms with Gasteiger partial charge in [-0.05, 0) is 54.7 Å². The molecule has 1 unspecified atom stereocenters. The number of benzene rings is 2. The Morgan fingerprint density at radius 1 is 0.885 bits per heavy atom. The number of aryl methyl sites for hydroxylation is 2. The molecule has 2 aromatic carbocycles. The van der Waals surface area contributed by atoms with Gasteiger partial charge in [0.2, 0.25) is 0 Å². The van der Waals surface area contributed by atoms with Crippen LogP contribution < -0.4 is 0 Å². The Hall–Kier alpha value is -1.45. The topological polar surface area (TPSA) is 37.3 Å².